The number of aliphatic carboxylic acids is 3. The molecule has 0 aliphatic rings. The van der Waals surface area contributed by atoms with Crippen molar-refractivity contribution >= 4 is 24.2 Å². The standard InChI is InChI=1S/C4H6O4.C4H6O3/c5-3(6)1-2-4(7)8;5-3-1-2-4(6)7/h1-2H2,(H,5,6)(H,7,8);3H,1-2H2,(H,6,7). The molecule has 0 heterocycles. The molecule has 0 radical (unpaired) electrons. The van der Waals surface area contributed by atoms with Crippen LogP contribution in [0.1, 0.15) is 25.7 Å². The molecule has 0 aromatic carbocycles. The summed E-state index contributed by atoms with van der Waals surface area (Å²) in [4.78, 5) is 38.3. The van der Waals surface area contributed by atoms with Gasteiger partial charge in [0.25, 0.3) is 0 Å². The molecule has 7 nitrogen and oxygen atoms in total. The fourth-order valence-corrected chi connectivity index (χ4v) is 0.396. The number of rotatable bonds is 6. The summed E-state index contributed by atoms with van der Waals surface area (Å²) in [5.41, 5.74) is 0. The fourth-order valence-electron chi connectivity index (χ4n) is 0.396. The summed E-state index contributed by atoms with van der Waals surface area (Å²) < 4.78 is 0. The first-order valence-corrected chi connectivity index (χ1v) is 3.99. The zero-order chi connectivity index (χ0) is 12.3. The Morgan fingerprint density at radius 3 is 1.27 bits per heavy atom. The SMILES string of the molecule is O=C(O)CCC(=O)O.O=CCCC(=O)O. The molecule has 0 aromatic heterocycles. The second-order valence-electron chi connectivity index (χ2n) is 2.39. The van der Waals surface area contributed by atoms with E-state index in [0.717, 1.165) is 0 Å². The monoisotopic (exact) mass is 220 g/mol. The van der Waals surface area contributed by atoms with Gasteiger partial charge in [0.15, 0.2) is 0 Å². The quantitative estimate of drug-likeness (QED) is 0.536. The van der Waals surface area contributed by atoms with Gasteiger partial charge in [0.05, 0.1) is 19.3 Å². The Bertz CT molecular complexity index is 219. The van der Waals surface area contributed by atoms with Crippen LogP contribution >= 0.6 is 0 Å². The van der Waals surface area contributed by atoms with E-state index in [1.165, 1.54) is 0 Å². The molecule has 7 heteroatoms. The Balaban J connectivity index is 0. The molecule has 0 aliphatic heterocycles. The van der Waals surface area contributed by atoms with Gasteiger partial charge in [0.1, 0.15) is 6.29 Å². The summed E-state index contributed by atoms with van der Waals surface area (Å²) in [6, 6.07) is 0. The lowest BCUT2D eigenvalue weighted by Crippen LogP contribution is -2.00. The van der Waals surface area contributed by atoms with Crippen LogP contribution in [0.25, 0.3) is 0 Å². The predicted octanol–water partition coefficient (Wildman–Crippen LogP) is -0.0141. The molecule has 0 atom stereocenters. The Labute approximate surface area is 85.3 Å². The van der Waals surface area contributed by atoms with Gasteiger partial charge < -0.3 is 20.1 Å². The van der Waals surface area contributed by atoms with Gasteiger partial charge >= 0.3 is 17.9 Å². The number of carboxylic acid groups (broad SMARTS) is 3. The van der Waals surface area contributed by atoms with Crippen molar-refractivity contribution in [3.05, 3.63) is 0 Å². The molecule has 86 valence electrons. The Hall–Kier alpha value is -1.92. The lowest BCUT2D eigenvalue weighted by atomic mass is 10.3. The average molecular weight is 220 g/mol. The highest BCUT2D eigenvalue weighted by Gasteiger charge is 2.00. The van der Waals surface area contributed by atoms with Crippen LogP contribution in [0.2, 0.25) is 0 Å². The van der Waals surface area contributed by atoms with Gasteiger partial charge in [0, 0.05) is 6.42 Å². The summed E-state index contributed by atoms with van der Waals surface area (Å²) in [6.45, 7) is 0. The molecule has 0 spiro atoms. The zero-order valence-corrected chi connectivity index (χ0v) is 7.88. The van der Waals surface area contributed by atoms with Crippen LogP contribution in [0.3, 0.4) is 0 Å². The van der Waals surface area contributed by atoms with Crippen LogP contribution in [-0.2, 0) is 19.2 Å². The van der Waals surface area contributed by atoms with Crippen molar-refractivity contribution in [2.45, 2.75) is 25.7 Å². The molecular formula is C8H12O7. The van der Waals surface area contributed by atoms with Crippen LogP contribution < -0.4 is 0 Å². The van der Waals surface area contributed by atoms with E-state index in [0.29, 0.717) is 6.29 Å². The lowest BCUT2D eigenvalue weighted by Gasteiger charge is -1.85. The second-order valence-corrected chi connectivity index (χ2v) is 2.39. The van der Waals surface area contributed by atoms with E-state index < -0.39 is 17.9 Å². The van der Waals surface area contributed by atoms with Crippen LogP contribution in [0.5, 0.6) is 0 Å². The molecule has 0 saturated carbocycles. The third kappa shape index (κ3) is 24.5. The first-order chi connectivity index (χ1) is 6.90. The van der Waals surface area contributed by atoms with Crippen molar-refractivity contribution < 1.29 is 34.5 Å². The first kappa shape index (κ1) is 15.5. The van der Waals surface area contributed by atoms with Gasteiger partial charge in [-0.3, -0.25) is 14.4 Å². The predicted molar refractivity (Wildman–Crippen MR) is 47.4 cm³/mol. The molecule has 0 bridgehead atoms. The first-order valence-electron chi connectivity index (χ1n) is 3.99. The smallest absolute Gasteiger partial charge is 0.303 e. The van der Waals surface area contributed by atoms with Crippen molar-refractivity contribution in [2.24, 2.45) is 0 Å². The van der Waals surface area contributed by atoms with Gasteiger partial charge in [0.2, 0.25) is 0 Å². The maximum atomic E-state index is 9.64. The molecule has 0 amide bonds. The van der Waals surface area contributed by atoms with E-state index in [-0.39, 0.29) is 25.7 Å². The van der Waals surface area contributed by atoms with Crippen molar-refractivity contribution in [1.29, 1.82) is 0 Å². The molecule has 0 unspecified atom stereocenters. The normalized spacial score (nSPS) is 8.27. The number of carboxylic acids is 3. The summed E-state index contributed by atoms with van der Waals surface area (Å²) in [7, 11) is 0. The van der Waals surface area contributed by atoms with E-state index in [1.54, 1.807) is 0 Å². The highest BCUT2D eigenvalue weighted by molar-refractivity contribution is 5.75. The maximum absolute atomic E-state index is 9.64. The van der Waals surface area contributed by atoms with Crippen molar-refractivity contribution in [2.75, 3.05) is 0 Å². The van der Waals surface area contributed by atoms with Crippen LogP contribution in [0.15, 0.2) is 0 Å². The molecule has 0 fully saturated rings. The summed E-state index contributed by atoms with van der Waals surface area (Å²) in [6.07, 6.45) is 0.0671. The van der Waals surface area contributed by atoms with Crippen molar-refractivity contribution in [1.82, 2.24) is 0 Å². The van der Waals surface area contributed by atoms with E-state index in [9.17, 15) is 19.2 Å². The highest BCUT2D eigenvalue weighted by atomic mass is 16.4. The highest BCUT2D eigenvalue weighted by Crippen LogP contribution is 1.86. The third-order valence-corrected chi connectivity index (χ3v) is 1.03. The Morgan fingerprint density at radius 1 is 0.800 bits per heavy atom. The van der Waals surface area contributed by atoms with Crippen LogP contribution in [-0.4, -0.2) is 39.5 Å². The maximum Gasteiger partial charge on any atom is 0.303 e. The third-order valence-electron chi connectivity index (χ3n) is 1.03. The van der Waals surface area contributed by atoms with Gasteiger partial charge in [-0.2, -0.15) is 0 Å². The van der Waals surface area contributed by atoms with Gasteiger partial charge in [-0.05, 0) is 0 Å². The van der Waals surface area contributed by atoms with E-state index in [2.05, 4.69) is 0 Å². The minimum atomic E-state index is -1.08. The molecule has 15 heavy (non-hydrogen) atoms. The number of hydrogen-bond acceptors (Lipinski definition) is 4. The summed E-state index contributed by atoms with van der Waals surface area (Å²) >= 11 is 0. The molecular weight excluding hydrogens is 208 g/mol. The summed E-state index contributed by atoms with van der Waals surface area (Å²) in [5, 5.41) is 23.7. The minimum absolute atomic E-state index is 0.0521. The molecule has 0 saturated heterocycles. The number of hydrogen-bond donors (Lipinski definition) is 3. The van der Waals surface area contributed by atoms with Gasteiger partial charge in [-0.1, -0.05) is 0 Å². The minimum Gasteiger partial charge on any atom is -0.481 e. The fraction of sp³-hybridized carbons (Fsp3) is 0.500. The van der Waals surface area contributed by atoms with E-state index >= 15 is 0 Å². The largest absolute Gasteiger partial charge is 0.481 e. The topological polar surface area (TPSA) is 129 Å². The number of carbonyl (C=O) groups excluding carboxylic acids is 1. The average Bonchev–Trinajstić information content (AvgIpc) is 2.12. The van der Waals surface area contributed by atoms with Crippen LogP contribution in [0.4, 0.5) is 0 Å². The Morgan fingerprint density at radius 2 is 1.13 bits per heavy atom. The van der Waals surface area contributed by atoms with Crippen LogP contribution in [0, 0.1) is 0 Å². The van der Waals surface area contributed by atoms with E-state index in [4.69, 9.17) is 15.3 Å². The second kappa shape index (κ2) is 10.2. The van der Waals surface area contributed by atoms with E-state index in [1.807, 2.05) is 0 Å². The molecule has 3 N–H and O–H groups in total. The molecule has 0 aromatic rings. The van der Waals surface area contributed by atoms with Gasteiger partial charge in [-0.25, -0.2) is 0 Å². The Kier molecular flexibility index (Phi) is 10.5. The summed E-state index contributed by atoms with van der Waals surface area (Å²) in [5.74, 6) is -3.08. The number of aldehydes is 1. The molecule has 0 aliphatic carbocycles. The molecule has 0 rings (SSSR count). The van der Waals surface area contributed by atoms with Crippen molar-refractivity contribution in [3.8, 4) is 0 Å². The zero-order valence-electron chi connectivity index (χ0n) is 7.88. The van der Waals surface area contributed by atoms with Gasteiger partial charge in [-0.15, -0.1) is 0 Å². The van der Waals surface area contributed by atoms with Crippen molar-refractivity contribution in [3.63, 3.8) is 0 Å². The lowest BCUT2D eigenvalue weighted by molar-refractivity contribution is -0.143. The number of carbonyl (C=O) groups is 4.